The molecule has 3 aromatic rings. The van der Waals surface area contributed by atoms with Gasteiger partial charge in [0.1, 0.15) is 0 Å². The van der Waals surface area contributed by atoms with Crippen molar-refractivity contribution in [3.63, 3.8) is 0 Å². The number of amides is 1. The van der Waals surface area contributed by atoms with Gasteiger partial charge in [0.05, 0.1) is 16.6 Å². The second-order valence-electron chi connectivity index (χ2n) is 7.50. The Morgan fingerprint density at radius 1 is 0.867 bits per heavy atom. The molecule has 0 aliphatic heterocycles. The minimum atomic E-state index is -3.70. The highest BCUT2D eigenvalue weighted by atomic mass is 32.2. The maximum Gasteiger partial charge on any atom is 0.261 e. The number of aryl methyl sites for hydroxylation is 3. The first-order valence-electron chi connectivity index (χ1n) is 9.74. The molecule has 0 aliphatic carbocycles. The predicted molar refractivity (Wildman–Crippen MR) is 120 cm³/mol. The van der Waals surface area contributed by atoms with Crippen LogP contribution in [0.15, 0.2) is 71.6 Å². The van der Waals surface area contributed by atoms with Gasteiger partial charge in [0, 0.05) is 5.56 Å². The van der Waals surface area contributed by atoms with Crippen LogP contribution in [0.5, 0.6) is 0 Å². The average Bonchev–Trinajstić information content (AvgIpc) is 2.70. The number of nitrogens with one attached hydrogen (secondary N) is 2. The zero-order chi connectivity index (χ0) is 21.9. The van der Waals surface area contributed by atoms with Gasteiger partial charge in [-0.25, -0.2) is 8.42 Å². The van der Waals surface area contributed by atoms with Crippen LogP contribution in [0.2, 0.25) is 0 Å². The Kier molecular flexibility index (Phi) is 6.27. The van der Waals surface area contributed by atoms with Gasteiger partial charge in [-0.1, -0.05) is 42.0 Å². The molecule has 5 nitrogen and oxygen atoms in total. The lowest BCUT2D eigenvalue weighted by Gasteiger charge is -2.17. The molecule has 2 N–H and O–H groups in total. The topological polar surface area (TPSA) is 75.3 Å². The minimum absolute atomic E-state index is 0.140. The van der Waals surface area contributed by atoms with E-state index in [9.17, 15) is 13.2 Å². The minimum Gasteiger partial charge on any atom is -0.346 e. The third kappa shape index (κ3) is 4.89. The van der Waals surface area contributed by atoms with Crippen LogP contribution in [-0.4, -0.2) is 14.3 Å². The molecule has 0 radical (unpaired) electrons. The van der Waals surface area contributed by atoms with Crippen molar-refractivity contribution in [3.8, 4) is 0 Å². The van der Waals surface area contributed by atoms with E-state index in [1.165, 1.54) is 0 Å². The molecule has 30 heavy (non-hydrogen) atoms. The number of sulfonamides is 1. The molecule has 0 bridgehead atoms. The van der Waals surface area contributed by atoms with Crippen molar-refractivity contribution in [2.45, 2.75) is 38.6 Å². The van der Waals surface area contributed by atoms with Crippen LogP contribution in [0.25, 0.3) is 0 Å². The van der Waals surface area contributed by atoms with E-state index in [1.807, 2.05) is 45.0 Å². The van der Waals surface area contributed by atoms with E-state index in [4.69, 9.17) is 0 Å². The van der Waals surface area contributed by atoms with Gasteiger partial charge in [0.15, 0.2) is 0 Å². The van der Waals surface area contributed by atoms with Crippen molar-refractivity contribution < 1.29 is 13.2 Å². The quantitative estimate of drug-likeness (QED) is 0.593. The maximum atomic E-state index is 12.7. The summed E-state index contributed by atoms with van der Waals surface area (Å²) in [7, 11) is -3.70. The lowest BCUT2D eigenvalue weighted by Crippen LogP contribution is -2.27. The lowest BCUT2D eigenvalue weighted by atomic mass is 10.0. The van der Waals surface area contributed by atoms with Crippen LogP contribution in [0.3, 0.4) is 0 Å². The summed E-state index contributed by atoms with van der Waals surface area (Å²) in [4.78, 5) is 12.9. The van der Waals surface area contributed by atoms with E-state index in [2.05, 4.69) is 10.0 Å². The highest BCUT2D eigenvalue weighted by Gasteiger charge is 2.17. The van der Waals surface area contributed by atoms with Crippen molar-refractivity contribution in [2.24, 2.45) is 0 Å². The number of carbonyl (C=O) groups is 1. The van der Waals surface area contributed by atoms with Crippen molar-refractivity contribution in [1.29, 1.82) is 0 Å². The largest absolute Gasteiger partial charge is 0.346 e. The monoisotopic (exact) mass is 422 g/mol. The average molecular weight is 423 g/mol. The summed E-state index contributed by atoms with van der Waals surface area (Å²) in [6.45, 7) is 7.63. The first-order valence-corrected chi connectivity index (χ1v) is 11.2. The fraction of sp³-hybridized carbons (Fsp3) is 0.208. The number of anilines is 1. The second-order valence-corrected chi connectivity index (χ2v) is 9.18. The van der Waals surface area contributed by atoms with E-state index in [0.29, 0.717) is 16.8 Å². The van der Waals surface area contributed by atoms with Crippen molar-refractivity contribution >= 4 is 21.6 Å². The van der Waals surface area contributed by atoms with Crippen LogP contribution in [0.1, 0.15) is 45.6 Å². The maximum absolute atomic E-state index is 12.7. The molecule has 0 heterocycles. The summed E-state index contributed by atoms with van der Waals surface area (Å²) in [6.07, 6.45) is 0. The number of rotatable bonds is 6. The first kappa shape index (κ1) is 21.6. The van der Waals surface area contributed by atoms with Crippen LogP contribution in [0, 0.1) is 20.8 Å². The first-order chi connectivity index (χ1) is 14.2. The Bertz CT molecular complexity index is 1170. The summed E-state index contributed by atoms with van der Waals surface area (Å²) < 4.78 is 27.9. The molecule has 3 rings (SSSR count). The molecule has 0 aliphatic rings. The molecule has 6 heteroatoms. The van der Waals surface area contributed by atoms with Crippen molar-refractivity contribution in [1.82, 2.24) is 5.32 Å². The molecule has 1 amide bonds. The third-order valence-corrected chi connectivity index (χ3v) is 6.45. The van der Waals surface area contributed by atoms with Crippen molar-refractivity contribution in [2.75, 3.05) is 4.72 Å². The van der Waals surface area contributed by atoms with Crippen LogP contribution in [-0.2, 0) is 10.0 Å². The molecule has 1 atom stereocenters. The van der Waals surface area contributed by atoms with Gasteiger partial charge in [-0.15, -0.1) is 0 Å². The Balaban J connectivity index is 1.75. The van der Waals surface area contributed by atoms with E-state index < -0.39 is 10.0 Å². The standard InChI is InChI=1S/C24H26N2O3S/c1-16-9-12-21(13-10-16)30(28,29)26-23-14-11-20(15-18(23)3)24(27)25-19(4)22-8-6-5-7-17(22)2/h5-15,19,26H,1-4H3,(H,25,27)/t19-/m0/s1. The lowest BCUT2D eigenvalue weighted by molar-refractivity contribution is 0.0939. The smallest absolute Gasteiger partial charge is 0.261 e. The Labute approximate surface area is 178 Å². The van der Waals surface area contributed by atoms with E-state index in [-0.39, 0.29) is 16.8 Å². The van der Waals surface area contributed by atoms with E-state index in [1.54, 1.807) is 49.4 Å². The van der Waals surface area contributed by atoms with Crippen LogP contribution in [0.4, 0.5) is 5.69 Å². The Morgan fingerprint density at radius 3 is 2.17 bits per heavy atom. The molecule has 156 valence electrons. The Hall–Kier alpha value is -3.12. The molecule has 0 unspecified atom stereocenters. The van der Waals surface area contributed by atoms with E-state index in [0.717, 1.165) is 16.7 Å². The van der Waals surface area contributed by atoms with Gasteiger partial charge in [-0.05, 0) is 74.7 Å². The predicted octanol–water partition coefficient (Wildman–Crippen LogP) is 4.90. The molecule has 0 spiro atoms. The Morgan fingerprint density at radius 2 is 1.53 bits per heavy atom. The summed E-state index contributed by atoms with van der Waals surface area (Å²) in [5, 5.41) is 3.00. The second kappa shape index (κ2) is 8.71. The molecule has 0 saturated heterocycles. The molecule has 0 fully saturated rings. The SMILES string of the molecule is Cc1ccc(S(=O)(=O)Nc2ccc(C(=O)N[C@@H](C)c3ccccc3C)cc2C)cc1. The normalized spacial score (nSPS) is 12.3. The highest BCUT2D eigenvalue weighted by molar-refractivity contribution is 7.92. The summed E-state index contributed by atoms with van der Waals surface area (Å²) in [5.74, 6) is -0.207. The van der Waals surface area contributed by atoms with E-state index >= 15 is 0 Å². The molecule has 0 saturated carbocycles. The summed E-state index contributed by atoms with van der Waals surface area (Å²) in [5.41, 5.74) is 4.75. The number of benzene rings is 3. The van der Waals surface area contributed by atoms with Gasteiger partial charge in [-0.2, -0.15) is 0 Å². The van der Waals surface area contributed by atoms with Crippen LogP contribution >= 0.6 is 0 Å². The molecule has 3 aromatic carbocycles. The fourth-order valence-electron chi connectivity index (χ4n) is 3.27. The van der Waals surface area contributed by atoms with Crippen LogP contribution < -0.4 is 10.0 Å². The number of carbonyl (C=O) groups excluding carboxylic acids is 1. The number of hydrogen-bond donors (Lipinski definition) is 2. The third-order valence-electron chi connectivity index (χ3n) is 5.07. The zero-order valence-electron chi connectivity index (χ0n) is 17.6. The summed E-state index contributed by atoms with van der Waals surface area (Å²) >= 11 is 0. The van der Waals surface area contributed by atoms with Gasteiger partial charge in [-0.3, -0.25) is 9.52 Å². The van der Waals surface area contributed by atoms with Gasteiger partial charge in [0.25, 0.3) is 15.9 Å². The summed E-state index contributed by atoms with van der Waals surface area (Å²) in [6, 6.07) is 19.4. The molecule has 0 aromatic heterocycles. The van der Waals surface area contributed by atoms with Gasteiger partial charge in [0.2, 0.25) is 0 Å². The zero-order valence-corrected chi connectivity index (χ0v) is 18.4. The number of hydrogen-bond acceptors (Lipinski definition) is 3. The molecular formula is C24H26N2O3S. The highest BCUT2D eigenvalue weighted by Crippen LogP contribution is 2.22. The molecular weight excluding hydrogens is 396 g/mol. The fourth-order valence-corrected chi connectivity index (χ4v) is 4.40. The van der Waals surface area contributed by atoms with Gasteiger partial charge < -0.3 is 5.32 Å². The van der Waals surface area contributed by atoms with Gasteiger partial charge >= 0.3 is 0 Å². The van der Waals surface area contributed by atoms with Crippen molar-refractivity contribution in [3.05, 3.63) is 94.5 Å².